The number of hydrogen-bond acceptors (Lipinski definition) is 5. The van der Waals surface area contributed by atoms with E-state index in [2.05, 4.69) is 9.98 Å². The summed E-state index contributed by atoms with van der Waals surface area (Å²) in [4.78, 5) is 19.9. The van der Waals surface area contributed by atoms with Crippen LogP contribution in [0.15, 0.2) is 23.3 Å². The van der Waals surface area contributed by atoms with E-state index in [4.69, 9.17) is 9.47 Å². The molecule has 1 aliphatic heterocycles. The van der Waals surface area contributed by atoms with E-state index in [1.54, 1.807) is 13.1 Å². The van der Waals surface area contributed by atoms with Crippen molar-refractivity contribution in [3.8, 4) is 0 Å². The average Bonchev–Trinajstić information content (AvgIpc) is 2.79. The fourth-order valence-electron chi connectivity index (χ4n) is 1.77. The molecule has 0 bridgehead atoms. The Morgan fingerprint density at radius 2 is 2.41 bits per heavy atom. The normalized spacial score (nSPS) is 22.2. The highest BCUT2D eigenvalue weighted by molar-refractivity contribution is 5.80. The zero-order valence-corrected chi connectivity index (χ0v) is 9.79. The topological polar surface area (TPSA) is 60.8 Å². The molecule has 0 aliphatic carbocycles. The minimum atomic E-state index is -0.627. The van der Waals surface area contributed by atoms with Gasteiger partial charge in [0.05, 0.1) is 6.61 Å². The van der Waals surface area contributed by atoms with E-state index in [0.717, 1.165) is 11.3 Å². The fourth-order valence-corrected chi connectivity index (χ4v) is 1.77. The second-order valence-corrected chi connectivity index (χ2v) is 3.69. The monoisotopic (exact) mass is 234 g/mol. The Labute approximate surface area is 99.5 Å². The zero-order valence-electron chi connectivity index (χ0n) is 9.79. The molecule has 2 heterocycles. The number of nitrogens with zero attached hydrogens (tertiary/aromatic N) is 2. The number of aromatic nitrogens is 1. The Kier molecular flexibility index (Phi) is 3.37. The molecule has 2 rings (SSSR count). The molecule has 0 fully saturated rings. The van der Waals surface area contributed by atoms with E-state index in [1.165, 1.54) is 6.40 Å². The van der Waals surface area contributed by atoms with E-state index < -0.39 is 12.1 Å². The van der Waals surface area contributed by atoms with Gasteiger partial charge in [-0.2, -0.15) is 0 Å². The minimum Gasteiger partial charge on any atom is -0.473 e. The van der Waals surface area contributed by atoms with Crippen molar-refractivity contribution in [2.75, 3.05) is 6.61 Å². The molecule has 0 spiro atoms. The van der Waals surface area contributed by atoms with Gasteiger partial charge in [-0.15, -0.1) is 0 Å². The molecule has 17 heavy (non-hydrogen) atoms. The molecule has 5 nitrogen and oxygen atoms in total. The predicted molar refractivity (Wildman–Crippen MR) is 61.7 cm³/mol. The van der Waals surface area contributed by atoms with Gasteiger partial charge < -0.3 is 9.47 Å². The van der Waals surface area contributed by atoms with Gasteiger partial charge in [0.1, 0.15) is 0 Å². The number of aryl methyl sites for hydroxylation is 1. The van der Waals surface area contributed by atoms with Gasteiger partial charge in [0.2, 0.25) is 0 Å². The van der Waals surface area contributed by atoms with Crippen molar-refractivity contribution in [1.82, 2.24) is 4.98 Å². The number of rotatable bonds is 3. The third-order valence-electron chi connectivity index (χ3n) is 2.60. The third kappa shape index (κ3) is 2.27. The molecule has 0 saturated carbocycles. The molecule has 0 aromatic carbocycles. The summed E-state index contributed by atoms with van der Waals surface area (Å²) >= 11 is 0. The lowest BCUT2D eigenvalue weighted by Crippen LogP contribution is -2.26. The first kappa shape index (κ1) is 11.6. The smallest absolute Gasteiger partial charge is 0.335 e. The summed E-state index contributed by atoms with van der Waals surface area (Å²) in [5.74, 6) is -0.366. The summed E-state index contributed by atoms with van der Waals surface area (Å²) in [5, 5.41) is 0. The molecular weight excluding hydrogens is 220 g/mol. The average molecular weight is 234 g/mol. The van der Waals surface area contributed by atoms with Gasteiger partial charge in [0, 0.05) is 17.5 Å². The molecular formula is C12H14N2O3. The van der Waals surface area contributed by atoms with Crippen LogP contribution in [-0.4, -0.2) is 30.0 Å². The maximum atomic E-state index is 11.7. The van der Waals surface area contributed by atoms with Gasteiger partial charge in [0.25, 0.3) is 0 Å². The molecule has 1 aromatic rings. The second-order valence-electron chi connectivity index (χ2n) is 3.69. The van der Waals surface area contributed by atoms with Crippen LogP contribution in [0.2, 0.25) is 0 Å². The fraction of sp³-hybridized carbons (Fsp3) is 0.417. The largest absolute Gasteiger partial charge is 0.473 e. The zero-order chi connectivity index (χ0) is 12.3. The van der Waals surface area contributed by atoms with Gasteiger partial charge >= 0.3 is 5.97 Å². The number of carbonyl (C=O) groups is 1. The van der Waals surface area contributed by atoms with Crippen molar-refractivity contribution >= 4 is 12.4 Å². The van der Waals surface area contributed by atoms with Crippen LogP contribution in [0.3, 0.4) is 0 Å². The number of carbonyl (C=O) groups excluding carboxylic acids is 1. The highest BCUT2D eigenvalue weighted by atomic mass is 16.5. The summed E-state index contributed by atoms with van der Waals surface area (Å²) in [6.45, 7) is 3.98. The molecule has 1 aromatic heterocycles. The number of aliphatic imine (C=N–C) groups is 1. The Balaban J connectivity index is 2.22. The molecule has 0 amide bonds. The molecule has 5 heteroatoms. The van der Waals surface area contributed by atoms with Crippen LogP contribution in [-0.2, 0) is 14.3 Å². The van der Waals surface area contributed by atoms with Gasteiger partial charge in [-0.1, -0.05) is 6.07 Å². The molecule has 0 N–H and O–H groups in total. The van der Waals surface area contributed by atoms with Crippen molar-refractivity contribution in [2.24, 2.45) is 4.99 Å². The number of ether oxygens (including phenoxy) is 2. The molecule has 0 saturated heterocycles. The Morgan fingerprint density at radius 1 is 1.59 bits per heavy atom. The van der Waals surface area contributed by atoms with Crippen molar-refractivity contribution in [3.63, 3.8) is 0 Å². The van der Waals surface area contributed by atoms with Crippen LogP contribution in [0.4, 0.5) is 0 Å². The Morgan fingerprint density at radius 3 is 3.12 bits per heavy atom. The van der Waals surface area contributed by atoms with E-state index >= 15 is 0 Å². The number of pyridine rings is 1. The summed E-state index contributed by atoms with van der Waals surface area (Å²) < 4.78 is 10.3. The third-order valence-corrected chi connectivity index (χ3v) is 2.60. The van der Waals surface area contributed by atoms with Gasteiger partial charge in [0.15, 0.2) is 18.5 Å². The summed E-state index contributed by atoms with van der Waals surface area (Å²) in [7, 11) is 0. The van der Waals surface area contributed by atoms with Crippen LogP contribution in [0.1, 0.15) is 24.3 Å². The van der Waals surface area contributed by atoms with E-state index in [1.807, 2.05) is 19.1 Å². The Hall–Kier alpha value is -1.91. The van der Waals surface area contributed by atoms with Crippen molar-refractivity contribution in [2.45, 2.75) is 26.0 Å². The molecule has 0 unspecified atom stereocenters. The predicted octanol–water partition coefficient (Wildman–Crippen LogP) is 1.42. The van der Waals surface area contributed by atoms with E-state index in [9.17, 15) is 4.79 Å². The summed E-state index contributed by atoms with van der Waals surface area (Å²) in [5.41, 5.74) is 1.69. The van der Waals surface area contributed by atoms with Crippen LogP contribution in [0.5, 0.6) is 0 Å². The van der Waals surface area contributed by atoms with Gasteiger partial charge in [-0.3, -0.25) is 4.98 Å². The molecule has 0 radical (unpaired) electrons. The van der Waals surface area contributed by atoms with Crippen LogP contribution >= 0.6 is 0 Å². The maximum absolute atomic E-state index is 11.7. The molecule has 1 aliphatic rings. The number of esters is 1. The van der Waals surface area contributed by atoms with Crippen molar-refractivity contribution in [3.05, 3.63) is 29.6 Å². The highest BCUT2D eigenvalue weighted by Gasteiger charge is 2.36. The molecule has 2 atom stereocenters. The summed E-state index contributed by atoms with van der Waals surface area (Å²) in [6, 6.07) is 3.07. The second kappa shape index (κ2) is 4.95. The first-order valence-electron chi connectivity index (χ1n) is 5.49. The Bertz CT molecular complexity index is 445. The van der Waals surface area contributed by atoms with E-state index in [0.29, 0.717) is 6.61 Å². The van der Waals surface area contributed by atoms with Crippen molar-refractivity contribution in [1.29, 1.82) is 0 Å². The maximum Gasteiger partial charge on any atom is 0.335 e. The lowest BCUT2D eigenvalue weighted by Gasteiger charge is -2.17. The lowest BCUT2D eigenvalue weighted by molar-refractivity contribution is -0.146. The quantitative estimate of drug-likeness (QED) is 0.742. The highest BCUT2D eigenvalue weighted by Crippen LogP contribution is 2.29. The first-order valence-corrected chi connectivity index (χ1v) is 5.49. The SMILES string of the molecule is CCOC(=O)[C@H]1N=CO[C@H]1c1cccnc1C. The van der Waals surface area contributed by atoms with Crippen LogP contribution in [0, 0.1) is 6.92 Å². The minimum absolute atomic E-state index is 0.337. The van der Waals surface area contributed by atoms with E-state index in [-0.39, 0.29) is 5.97 Å². The van der Waals surface area contributed by atoms with Crippen LogP contribution < -0.4 is 0 Å². The van der Waals surface area contributed by atoms with Gasteiger partial charge in [-0.25, -0.2) is 9.79 Å². The summed E-state index contributed by atoms with van der Waals surface area (Å²) in [6.07, 6.45) is 2.58. The molecule has 90 valence electrons. The van der Waals surface area contributed by atoms with Crippen LogP contribution in [0.25, 0.3) is 0 Å². The first-order chi connectivity index (χ1) is 8.24. The number of hydrogen-bond donors (Lipinski definition) is 0. The van der Waals surface area contributed by atoms with Gasteiger partial charge in [-0.05, 0) is 19.9 Å². The lowest BCUT2D eigenvalue weighted by atomic mass is 10.0. The van der Waals surface area contributed by atoms with Crippen molar-refractivity contribution < 1.29 is 14.3 Å². The standard InChI is InChI=1S/C12H14N2O3/c1-3-16-12(15)10-11(17-7-14-10)9-5-4-6-13-8(9)2/h4-7,10-11H,3H2,1-2H3/t10-,11-/m0/s1.